The first kappa shape index (κ1) is 13.2. The summed E-state index contributed by atoms with van der Waals surface area (Å²) >= 11 is 3.49. The first-order chi connectivity index (χ1) is 9.66. The quantitative estimate of drug-likeness (QED) is 0.592. The normalized spacial score (nSPS) is 10.8. The van der Waals surface area contributed by atoms with Gasteiger partial charge in [0.15, 0.2) is 0 Å². The molecule has 0 N–H and O–H groups in total. The maximum absolute atomic E-state index is 3.49. The molecular weight excluding hydrogens is 310 g/mol. The maximum atomic E-state index is 3.49. The van der Waals surface area contributed by atoms with Crippen LogP contribution in [0, 0.1) is 6.92 Å². The van der Waals surface area contributed by atoms with Gasteiger partial charge >= 0.3 is 0 Å². The monoisotopic (exact) mass is 325 g/mol. The van der Waals surface area contributed by atoms with Crippen molar-refractivity contribution < 1.29 is 0 Å². The Bertz CT molecular complexity index is 724. The molecule has 0 radical (unpaired) electrons. The molecule has 3 aromatic rings. The maximum Gasteiger partial charge on any atom is 0.0486 e. The smallest absolute Gasteiger partial charge is 0.0486 e. The standard InChI is InChI=1S/C18H16BrN/c1-13-17(14-6-4-3-5-7-14)12-18(20(13)2)15-8-10-16(19)11-9-15/h3-12H,1-2H3. The summed E-state index contributed by atoms with van der Waals surface area (Å²) in [6.07, 6.45) is 0. The molecule has 2 heteroatoms. The fourth-order valence-corrected chi connectivity index (χ4v) is 2.77. The first-order valence-electron chi connectivity index (χ1n) is 6.64. The minimum absolute atomic E-state index is 1.11. The zero-order valence-corrected chi connectivity index (χ0v) is 13.2. The van der Waals surface area contributed by atoms with Crippen LogP contribution < -0.4 is 0 Å². The van der Waals surface area contributed by atoms with E-state index in [2.05, 4.69) is 95.1 Å². The minimum atomic E-state index is 1.11. The lowest BCUT2D eigenvalue weighted by Crippen LogP contribution is -1.94. The first-order valence-corrected chi connectivity index (χ1v) is 7.44. The number of nitrogens with zero attached hydrogens (tertiary/aromatic N) is 1. The van der Waals surface area contributed by atoms with Crippen molar-refractivity contribution in [3.8, 4) is 22.4 Å². The summed E-state index contributed by atoms with van der Waals surface area (Å²) in [6, 6.07) is 21.3. The summed E-state index contributed by atoms with van der Waals surface area (Å²) in [6.45, 7) is 2.17. The van der Waals surface area contributed by atoms with Crippen LogP contribution in [-0.4, -0.2) is 4.57 Å². The summed E-state index contributed by atoms with van der Waals surface area (Å²) in [5.74, 6) is 0. The van der Waals surface area contributed by atoms with Gasteiger partial charge in [-0.2, -0.15) is 0 Å². The van der Waals surface area contributed by atoms with Gasteiger partial charge in [-0.25, -0.2) is 0 Å². The van der Waals surface area contributed by atoms with Crippen LogP contribution in [0.5, 0.6) is 0 Å². The lowest BCUT2D eigenvalue weighted by molar-refractivity contribution is 0.892. The van der Waals surface area contributed by atoms with Gasteiger partial charge in [0.25, 0.3) is 0 Å². The van der Waals surface area contributed by atoms with Crippen LogP contribution in [-0.2, 0) is 7.05 Å². The Kier molecular flexibility index (Phi) is 3.49. The molecule has 0 saturated heterocycles. The van der Waals surface area contributed by atoms with E-state index in [1.54, 1.807) is 0 Å². The third-order valence-corrected chi connectivity index (χ3v) is 4.29. The SMILES string of the molecule is Cc1c(-c2ccccc2)cc(-c2ccc(Br)cc2)n1C. The van der Waals surface area contributed by atoms with Crippen LogP contribution in [0.3, 0.4) is 0 Å². The van der Waals surface area contributed by atoms with E-state index in [0.29, 0.717) is 0 Å². The highest BCUT2D eigenvalue weighted by atomic mass is 79.9. The molecule has 0 spiro atoms. The topological polar surface area (TPSA) is 4.93 Å². The molecular formula is C18H16BrN. The fraction of sp³-hybridized carbons (Fsp3) is 0.111. The van der Waals surface area contributed by atoms with Gasteiger partial charge < -0.3 is 4.57 Å². The molecule has 0 unspecified atom stereocenters. The van der Waals surface area contributed by atoms with E-state index in [1.165, 1.54) is 28.1 Å². The van der Waals surface area contributed by atoms with Gasteiger partial charge in [-0.1, -0.05) is 58.4 Å². The summed E-state index contributed by atoms with van der Waals surface area (Å²) in [5.41, 5.74) is 6.33. The van der Waals surface area contributed by atoms with Crippen molar-refractivity contribution >= 4 is 15.9 Å². The number of hydrogen-bond donors (Lipinski definition) is 0. The molecule has 0 fully saturated rings. The van der Waals surface area contributed by atoms with Gasteiger partial charge in [0.2, 0.25) is 0 Å². The van der Waals surface area contributed by atoms with E-state index in [1.807, 2.05) is 0 Å². The molecule has 0 atom stereocenters. The number of hydrogen-bond acceptors (Lipinski definition) is 0. The lowest BCUT2D eigenvalue weighted by atomic mass is 10.1. The van der Waals surface area contributed by atoms with Crippen molar-refractivity contribution in [1.29, 1.82) is 0 Å². The molecule has 0 bridgehead atoms. The van der Waals surface area contributed by atoms with E-state index in [9.17, 15) is 0 Å². The van der Waals surface area contributed by atoms with E-state index in [4.69, 9.17) is 0 Å². The molecule has 0 aliphatic carbocycles. The molecule has 1 heterocycles. The number of aromatic nitrogens is 1. The molecule has 2 aromatic carbocycles. The van der Waals surface area contributed by atoms with E-state index < -0.39 is 0 Å². The fourth-order valence-electron chi connectivity index (χ4n) is 2.51. The zero-order valence-electron chi connectivity index (χ0n) is 11.6. The predicted octanol–water partition coefficient (Wildman–Crippen LogP) is 5.43. The van der Waals surface area contributed by atoms with Crippen LogP contribution in [0.25, 0.3) is 22.4 Å². The van der Waals surface area contributed by atoms with Crippen molar-refractivity contribution in [3.05, 3.63) is 70.8 Å². The van der Waals surface area contributed by atoms with Gasteiger partial charge in [-0.3, -0.25) is 0 Å². The average molecular weight is 326 g/mol. The van der Waals surface area contributed by atoms with E-state index in [-0.39, 0.29) is 0 Å². The van der Waals surface area contributed by atoms with E-state index in [0.717, 1.165) is 4.47 Å². The highest BCUT2D eigenvalue weighted by Crippen LogP contribution is 2.32. The molecule has 0 aliphatic heterocycles. The molecule has 100 valence electrons. The van der Waals surface area contributed by atoms with Crippen LogP contribution in [0.2, 0.25) is 0 Å². The number of halogens is 1. The second-order valence-electron chi connectivity index (χ2n) is 4.96. The Labute approximate surface area is 128 Å². The highest BCUT2D eigenvalue weighted by Gasteiger charge is 2.11. The Hall–Kier alpha value is -1.80. The minimum Gasteiger partial charge on any atom is -0.347 e. The summed E-state index contributed by atoms with van der Waals surface area (Å²) < 4.78 is 3.36. The Morgan fingerprint density at radius 2 is 1.50 bits per heavy atom. The third-order valence-electron chi connectivity index (χ3n) is 3.76. The van der Waals surface area contributed by atoms with Gasteiger partial charge in [0, 0.05) is 28.5 Å². The van der Waals surface area contributed by atoms with Crippen LogP contribution in [0.15, 0.2) is 65.1 Å². The van der Waals surface area contributed by atoms with Crippen LogP contribution >= 0.6 is 15.9 Å². The molecule has 0 aliphatic rings. The number of benzene rings is 2. The van der Waals surface area contributed by atoms with Crippen LogP contribution in [0.1, 0.15) is 5.69 Å². The summed E-state index contributed by atoms with van der Waals surface area (Å²) in [4.78, 5) is 0. The third kappa shape index (κ3) is 2.32. The number of rotatable bonds is 2. The second-order valence-corrected chi connectivity index (χ2v) is 5.88. The molecule has 0 saturated carbocycles. The highest BCUT2D eigenvalue weighted by molar-refractivity contribution is 9.10. The van der Waals surface area contributed by atoms with Gasteiger partial charge in [0.1, 0.15) is 0 Å². The zero-order chi connectivity index (χ0) is 14.1. The van der Waals surface area contributed by atoms with Crippen molar-refractivity contribution in [2.24, 2.45) is 7.05 Å². The molecule has 0 amide bonds. The van der Waals surface area contributed by atoms with Crippen molar-refractivity contribution in [1.82, 2.24) is 4.57 Å². The second kappa shape index (κ2) is 5.29. The Morgan fingerprint density at radius 3 is 2.15 bits per heavy atom. The Balaban J connectivity index is 2.13. The Morgan fingerprint density at radius 1 is 0.850 bits per heavy atom. The largest absolute Gasteiger partial charge is 0.347 e. The molecule has 1 aromatic heterocycles. The van der Waals surface area contributed by atoms with Crippen LogP contribution in [0.4, 0.5) is 0 Å². The van der Waals surface area contributed by atoms with Crippen molar-refractivity contribution in [2.75, 3.05) is 0 Å². The van der Waals surface area contributed by atoms with Crippen molar-refractivity contribution in [3.63, 3.8) is 0 Å². The molecule has 3 rings (SSSR count). The summed E-state index contributed by atoms with van der Waals surface area (Å²) in [5, 5.41) is 0. The van der Waals surface area contributed by atoms with Gasteiger partial charge in [-0.15, -0.1) is 0 Å². The lowest BCUT2D eigenvalue weighted by Gasteiger charge is -2.05. The predicted molar refractivity (Wildman–Crippen MR) is 88.7 cm³/mol. The average Bonchev–Trinajstić information content (AvgIpc) is 2.77. The van der Waals surface area contributed by atoms with Gasteiger partial charge in [-0.05, 0) is 36.2 Å². The van der Waals surface area contributed by atoms with Gasteiger partial charge in [0.05, 0.1) is 0 Å². The summed E-state index contributed by atoms with van der Waals surface area (Å²) in [7, 11) is 2.12. The molecule has 20 heavy (non-hydrogen) atoms. The van der Waals surface area contributed by atoms with Crippen molar-refractivity contribution in [2.45, 2.75) is 6.92 Å². The molecule has 1 nitrogen and oxygen atoms in total. The van der Waals surface area contributed by atoms with E-state index >= 15 is 0 Å².